The highest BCUT2D eigenvalue weighted by Gasteiger charge is 2.37. The topological polar surface area (TPSA) is 3.24 Å². The molecule has 54 heavy (non-hydrogen) atoms. The van der Waals surface area contributed by atoms with Crippen LogP contribution >= 0.6 is 31.4 Å². The summed E-state index contributed by atoms with van der Waals surface area (Å²) in [5.74, 6) is 0. The molecule has 11 rings (SSSR count). The molecule has 0 N–H and O–H groups in total. The molecule has 262 valence electrons. The Bertz CT molecular complexity index is 3020. The van der Waals surface area contributed by atoms with Gasteiger partial charge in [-0.15, -0.1) is 11.3 Å². The summed E-state index contributed by atoms with van der Waals surface area (Å²) in [4.78, 5) is 8.45. The van der Waals surface area contributed by atoms with Crippen molar-refractivity contribution >= 4 is 79.4 Å². The third kappa shape index (κ3) is 4.54. The molecule has 1 nitrogen and oxygen atoms in total. The number of benzene rings is 8. The van der Waals surface area contributed by atoms with Crippen LogP contribution in [0.2, 0.25) is 0 Å². The minimum atomic E-state index is -1.28. The van der Waals surface area contributed by atoms with Crippen molar-refractivity contribution in [3.8, 4) is 33.4 Å². The third-order valence-electron chi connectivity index (χ3n) is 11.8. The molecule has 0 bridgehead atoms. The summed E-state index contributed by atoms with van der Waals surface area (Å²) in [6, 6.07) is 61.8. The van der Waals surface area contributed by atoms with Crippen LogP contribution in [0.5, 0.6) is 0 Å². The van der Waals surface area contributed by atoms with Crippen molar-refractivity contribution in [2.45, 2.75) is 19.6 Å². The van der Waals surface area contributed by atoms with Gasteiger partial charge in [-0.2, -0.15) is 20.1 Å². The first-order chi connectivity index (χ1) is 26.3. The third-order valence-corrected chi connectivity index (χ3v) is 18.8. The quantitative estimate of drug-likeness (QED) is 0.173. The van der Waals surface area contributed by atoms with Crippen molar-refractivity contribution < 1.29 is 0 Å². The molecule has 4 heteroatoms. The number of anilines is 3. The van der Waals surface area contributed by atoms with E-state index in [2.05, 4.69) is 194 Å². The van der Waals surface area contributed by atoms with E-state index >= 15 is 0 Å². The molecular weight excluding hydrogens is 711 g/mol. The highest BCUT2D eigenvalue weighted by molar-refractivity contribution is 8.33. The molecule has 0 amide bonds. The van der Waals surface area contributed by atoms with Crippen molar-refractivity contribution in [1.29, 1.82) is 0 Å². The second kappa shape index (κ2) is 11.6. The first-order valence-corrected chi connectivity index (χ1v) is 24.2. The lowest BCUT2D eigenvalue weighted by Crippen LogP contribution is -2.12. The van der Waals surface area contributed by atoms with E-state index in [1.54, 1.807) is 0 Å². The fourth-order valence-corrected chi connectivity index (χ4v) is 15.5. The van der Waals surface area contributed by atoms with E-state index < -0.39 is 20.1 Å². The standard InChI is InChI=1S/C50H39NS3/c1-53(2)44-21-10-8-18-40(44)48-42(19-12-22-45(48)53)51(36-16-11-15-34(30-36)35-24-23-32-13-5-6-14-33(32)29-35)37-25-26-41-47(31-37)54(3,4)46-28-27-39-38-17-7-9-20-43(38)52-50(39)49(41)46/h5-31H,1-4H3. The number of fused-ring (bicyclic) bond motifs is 11. The van der Waals surface area contributed by atoms with Gasteiger partial charge in [0.15, 0.2) is 0 Å². The van der Waals surface area contributed by atoms with Crippen LogP contribution in [0.15, 0.2) is 183 Å². The van der Waals surface area contributed by atoms with Crippen LogP contribution in [0.4, 0.5) is 17.1 Å². The van der Waals surface area contributed by atoms with E-state index in [0.29, 0.717) is 0 Å². The van der Waals surface area contributed by atoms with Gasteiger partial charge in [0.05, 0.1) is 5.69 Å². The summed E-state index contributed by atoms with van der Waals surface area (Å²) in [6.07, 6.45) is 9.90. The molecule has 8 aromatic carbocycles. The number of hydrogen-bond donors (Lipinski definition) is 0. The van der Waals surface area contributed by atoms with Gasteiger partial charge in [0.2, 0.25) is 0 Å². The van der Waals surface area contributed by atoms with E-state index in [1.807, 2.05) is 11.3 Å². The highest BCUT2D eigenvalue weighted by atomic mass is 32.3. The molecule has 0 radical (unpaired) electrons. The molecule has 2 aliphatic rings. The molecule has 0 fully saturated rings. The summed E-state index contributed by atoms with van der Waals surface area (Å²) in [5.41, 5.74) is 11.6. The van der Waals surface area contributed by atoms with Crippen molar-refractivity contribution in [1.82, 2.24) is 0 Å². The Morgan fingerprint density at radius 2 is 1.11 bits per heavy atom. The summed E-state index contributed by atoms with van der Waals surface area (Å²) >= 11 is 1.95. The zero-order valence-corrected chi connectivity index (χ0v) is 33.2. The molecule has 0 spiro atoms. The van der Waals surface area contributed by atoms with Crippen LogP contribution in [0.1, 0.15) is 0 Å². The van der Waals surface area contributed by atoms with Gasteiger partial charge in [-0.1, -0.05) is 103 Å². The number of thiophene rings is 1. The smallest absolute Gasteiger partial charge is 0.0551 e. The lowest BCUT2D eigenvalue weighted by atomic mass is 9.98. The molecule has 2 aliphatic heterocycles. The molecular formula is C50H39NS3. The molecule has 3 heterocycles. The molecule has 0 saturated heterocycles. The van der Waals surface area contributed by atoms with Crippen LogP contribution in [0, 0.1) is 0 Å². The Balaban J connectivity index is 1.14. The minimum absolute atomic E-state index is 1.17. The average molecular weight is 750 g/mol. The molecule has 0 atom stereocenters. The maximum atomic E-state index is 2.55. The first kappa shape index (κ1) is 32.2. The Hall–Kier alpha value is -5.26. The maximum absolute atomic E-state index is 2.55. The summed E-state index contributed by atoms with van der Waals surface area (Å²) in [7, 11) is -2.46. The second-order valence-electron chi connectivity index (χ2n) is 15.3. The van der Waals surface area contributed by atoms with Crippen LogP contribution in [0.3, 0.4) is 0 Å². The number of rotatable bonds is 4. The van der Waals surface area contributed by atoms with Crippen molar-refractivity contribution in [3.63, 3.8) is 0 Å². The number of nitrogens with zero attached hydrogens (tertiary/aromatic N) is 1. The van der Waals surface area contributed by atoms with E-state index in [1.165, 1.54) is 101 Å². The maximum Gasteiger partial charge on any atom is 0.0551 e. The molecule has 0 saturated carbocycles. The largest absolute Gasteiger partial charge is 0.310 e. The summed E-state index contributed by atoms with van der Waals surface area (Å²) in [5, 5.41) is 5.26. The van der Waals surface area contributed by atoms with Crippen molar-refractivity contribution in [2.75, 3.05) is 29.9 Å². The molecule has 0 aliphatic carbocycles. The SMILES string of the molecule is CS1(C)c2ccccc2-c2c(N(c3cccc(-c4ccc5ccccc5c4)c3)c3ccc4c(c3)S(C)(C)c3ccc5c(sc6ccccc65)c3-4)cccc21. The van der Waals surface area contributed by atoms with Crippen LogP contribution in [-0.4, -0.2) is 25.0 Å². The predicted molar refractivity (Wildman–Crippen MR) is 240 cm³/mol. The summed E-state index contributed by atoms with van der Waals surface area (Å²) < 4.78 is 2.78. The van der Waals surface area contributed by atoms with E-state index in [-0.39, 0.29) is 0 Å². The fraction of sp³-hybridized carbons (Fsp3) is 0.0800. The van der Waals surface area contributed by atoms with Gasteiger partial charge in [0.25, 0.3) is 0 Å². The van der Waals surface area contributed by atoms with E-state index in [9.17, 15) is 0 Å². The van der Waals surface area contributed by atoms with Crippen molar-refractivity contribution in [3.05, 3.63) is 164 Å². The van der Waals surface area contributed by atoms with E-state index in [4.69, 9.17) is 0 Å². The first-order valence-electron chi connectivity index (χ1n) is 18.5. The Morgan fingerprint density at radius 3 is 2.02 bits per heavy atom. The zero-order valence-electron chi connectivity index (χ0n) is 30.8. The van der Waals surface area contributed by atoms with Gasteiger partial charge >= 0.3 is 0 Å². The predicted octanol–water partition coefficient (Wildman–Crippen LogP) is 15.3. The summed E-state index contributed by atoms with van der Waals surface area (Å²) in [6.45, 7) is 0. The van der Waals surface area contributed by atoms with Crippen molar-refractivity contribution in [2.24, 2.45) is 0 Å². The zero-order chi connectivity index (χ0) is 36.3. The average Bonchev–Trinajstić information content (AvgIpc) is 3.78. The van der Waals surface area contributed by atoms with Gasteiger partial charge in [-0.3, -0.25) is 0 Å². The Kier molecular flexibility index (Phi) is 6.93. The van der Waals surface area contributed by atoms with Gasteiger partial charge in [-0.05, 0) is 119 Å². The highest BCUT2D eigenvalue weighted by Crippen LogP contribution is 2.71. The Morgan fingerprint density at radius 1 is 0.426 bits per heavy atom. The van der Waals surface area contributed by atoms with Crippen LogP contribution in [0.25, 0.3) is 64.3 Å². The second-order valence-corrected chi connectivity index (χ2v) is 23.5. The minimum Gasteiger partial charge on any atom is -0.310 e. The van der Waals surface area contributed by atoms with E-state index in [0.717, 1.165) is 0 Å². The monoisotopic (exact) mass is 749 g/mol. The number of hydrogen-bond acceptors (Lipinski definition) is 2. The Labute approximate surface area is 324 Å². The van der Waals surface area contributed by atoms with Gasteiger partial charge in [0, 0.05) is 62.3 Å². The normalized spacial score (nSPS) is 15.8. The lowest BCUT2D eigenvalue weighted by molar-refractivity contribution is 1.25. The van der Waals surface area contributed by atoms with Crippen LogP contribution < -0.4 is 4.90 Å². The molecule has 9 aromatic rings. The van der Waals surface area contributed by atoms with Gasteiger partial charge in [-0.25, -0.2) is 0 Å². The van der Waals surface area contributed by atoms with Gasteiger partial charge in [0.1, 0.15) is 0 Å². The fourth-order valence-electron chi connectivity index (χ4n) is 9.11. The van der Waals surface area contributed by atoms with Crippen LogP contribution in [-0.2, 0) is 0 Å². The molecule has 0 unspecified atom stereocenters. The lowest BCUT2D eigenvalue weighted by Gasteiger charge is -2.32. The van der Waals surface area contributed by atoms with Gasteiger partial charge < -0.3 is 4.90 Å². The molecule has 1 aromatic heterocycles.